The third-order valence-electron chi connectivity index (χ3n) is 2.95. The van der Waals surface area contributed by atoms with E-state index in [-0.39, 0.29) is 11.9 Å². The van der Waals surface area contributed by atoms with Crippen molar-refractivity contribution < 1.29 is 9.53 Å². The first-order valence-corrected chi connectivity index (χ1v) is 6.59. The van der Waals surface area contributed by atoms with Crippen molar-refractivity contribution in [3.63, 3.8) is 0 Å². The number of carbonyl (C=O) groups excluding carboxylic acids is 1. The normalized spacial score (nSPS) is 10.4. The van der Waals surface area contributed by atoms with Crippen LogP contribution in [-0.4, -0.2) is 12.6 Å². The number of carbonyl (C=O) groups is 1. The van der Waals surface area contributed by atoms with Gasteiger partial charge in [-0.05, 0) is 17.5 Å². The fourth-order valence-corrected chi connectivity index (χ4v) is 2.04. The molecule has 0 aliphatic rings. The highest BCUT2D eigenvalue weighted by Gasteiger charge is 2.23. The lowest BCUT2D eigenvalue weighted by Crippen LogP contribution is -2.17. The lowest BCUT2D eigenvalue weighted by Gasteiger charge is -2.16. The minimum atomic E-state index is -0.339. The van der Waals surface area contributed by atoms with Crippen LogP contribution in [0.5, 0.6) is 0 Å². The van der Waals surface area contributed by atoms with Crippen molar-refractivity contribution in [2.45, 2.75) is 19.3 Å². The summed E-state index contributed by atoms with van der Waals surface area (Å²) in [5.41, 5.74) is 1.93. The molecule has 2 rings (SSSR count). The van der Waals surface area contributed by atoms with E-state index < -0.39 is 0 Å². The average Bonchev–Trinajstić information content (AvgIpc) is 2.47. The fraction of sp³-hybridized carbons (Fsp3) is 0.235. The van der Waals surface area contributed by atoms with Crippen molar-refractivity contribution >= 4 is 5.97 Å². The molecule has 0 radical (unpaired) electrons. The van der Waals surface area contributed by atoms with Crippen molar-refractivity contribution in [1.82, 2.24) is 0 Å². The Morgan fingerprint density at radius 2 is 1.42 bits per heavy atom. The molecule has 0 N–H and O–H groups in total. The van der Waals surface area contributed by atoms with Crippen LogP contribution in [0.25, 0.3) is 0 Å². The summed E-state index contributed by atoms with van der Waals surface area (Å²) in [6.07, 6.45) is 0.835. The molecule has 0 amide bonds. The Hall–Kier alpha value is -2.09. The highest BCUT2D eigenvalue weighted by Crippen LogP contribution is 2.25. The Bertz CT molecular complexity index is 466. The Kier molecular flexibility index (Phi) is 4.73. The largest absolute Gasteiger partial charge is 0.465 e. The molecule has 0 saturated carbocycles. The van der Waals surface area contributed by atoms with Crippen LogP contribution in [0.3, 0.4) is 0 Å². The molecule has 0 atom stereocenters. The van der Waals surface area contributed by atoms with Crippen LogP contribution in [0.15, 0.2) is 60.7 Å². The molecule has 19 heavy (non-hydrogen) atoms. The van der Waals surface area contributed by atoms with Gasteiger partial charge in [0.05, 0.1) is 6.61 Å². The van der Waals surface area contributed by atoms with Crippen LogP contribution in [0.1, 0.15) is 30.4 Å². The summed E-state index contributed by atoms with van der Waals surface area (Å²) >= 11 is 0. The van der Waals surface area contributed by atoms with Gasteiger partial charge in [-0.1, -0.05) is 67.6 Å². The number of benzene rings is 2. The molecule has 0 aliphatic carbocycles. The maximum atomic E-state index is 12.3. The Morgan fingerprint density at radius 1 is 0.947 bits per heavy atom. The van der Waals surface area contributed by atoms with E-state index in [9.17, 15) is 4.79 Å². The SMILES string of the molecule is CCCOC(=O)C(c1ccccc1)c1ccccc1. The van der Waals surface area contributed by atoms with Crippen molar-refractivity contribution in [2.75, 3.05) is 6.61 Å². The van der Waals surface area contributed by atoms with Gasteiger partial charge in [0.2, 0.25) is 0 Å². The van der Waals surface area contributed by atoms with E-state index >= 15 is 0 Å². The van der Waals surface area contributed by atoms with Crippen LogP contribution in [0.2, 0.25) is 0 Å². The Labute approximate surface area is 114 Å². The Balaban J connectivity index is 2.31. The van der Waals surface area contributed by atoms with E-state index in [0.717, 1.165) is 17.5 Å². The second-order valence-electron chi connectivity index (χ2n) is 4.42. The van der Waals surface area contributed by atoms with Gasteiger partial charge < -0.3 is 4.74 Å². The maximum Gasteiger partial charge on any atom is 0.317 e. The first-order valence-electron chi connectivity index (χ1n) is 6.59. The van der Waals surface area contributed by atoms with E-state index in [4.69, 9.17) is 4.74 Å². The zero-order valence-electron chi connectivity index (χ0n) is 11.1. The molecule has 2 aromatic carbocycles. The second-order valence-corrected chi connectivity index (χ2v) is 4.42. The molecular weight excluding hydrogens is 236 g/mol. The van der Waals surface area contributed by atoms with Gasteiger partial charge in [0.25, 0.3) is 0 Å². The van der Waals surface area contributed by atoms with E-state index in [1.54, 1.807) is 0 Å². The lowest BCUT2D eigenvalue weighted by molar-refractivity contribution is -0.144. The van der Waals surface area contributed by atoms with Crippen LogP contribution >= 0.6 is 0 Å². The highest BCUT2D eigenvalue weighted by molar-refractivity contribution is 5.82. The van der Waals surface area contributed by atoms with Crippen molar-refractivity contribution in [2.24, 2.45) is 0 Å². The van der Waals surface area contributed by atoms with Gasteiger partial charge in [0.15, 0.2) is 0 Å². The van der Waals surface area contributed by atoms with Gasteiger partial charge in [-0.2, -0.15) is 0 Å². The van der Waals surface area contributed by atoms with Crippen molar-refractivity contribution in [3.05, 3.63) is 71.8 Å². The first-order chi connectivity index (χ1) is 9.33. The zero-order chi connectivity index (χ0) is 13.5. The molecule has 0 unspecified atom stereocenters. The molecule has 0 saturated heterocycles. The standard InChI is InChI=1S/C17H18O2/c1-2-13-19-17(18)16(14-9-5-3-6-10-14)15-11-7-4-8-12-15/h3-12,16H,2,13H2,1H3. The molecule has 0 bridgehead atoms. The molecule has 0 heterocycles. The summed E-state index contributed by atoms with van der Waals surface area (Å²) in [4.78, 5) is 12.3. The molecule has 2 aromatic rings. The summed E-state index contributed by atoms with van der Waals surface area (Å²) in [6.45, 7) is 2.46. The number of ether oxygens (including phenoxy) is 1. The van der Waals surface area contributed by atoms with Crippen molar-refractivity contribution in [1.29, 1.82) is 0 Å². The van der Waals surface area contributed by atoms with E-state index in [2.05, 4.69) is 0 Å². The number of rotatable bonds is 5. The lowest BCUT2D eigenvalue weighted by atomic mass is 9.91. The third-order valence-corrected chi connectivity index (χ3v) is 2.95. The van der Waals surface area contributed by atoms with E-state index in [1.165, 1.54) is 0 Å². The smallest absolute Gasteiger partial charge is 0.317 e. The number of hydrogen-bond donors (Lipinski definition) is 0. The molecule has 0 fully saturated rings. The van der Waals surface area contributed by atoms with Crippen LogP contribution in [0, 0.1) is 0 Å². The first kappa shape index (κ1) is 13.3. The molecule has 0 aromatic heterocycles. The maximum absolute atomic E-state index is 12.3. The topological polar surface area (TPSA) is 26.3 Å². The third kappa shape index (κ3) is 3.44. The molecule has 2 nitrogen and oxygen atoms in total. The summed E-state index contributed by atoms with van der Waals surface area (Å²) in [5, 5.41) is 0. The molecule has 2 heteroatoms. The minimum absolute atomic E-state index is 0.181. The number of hydrogen-bond acceptors (Lipinski definition) is 2. The summed E-state index contributed by atoms with van der Waals surface area (Å²) in [5.74, 6) is -0.520. The molecule has 0 spiro atoms. The zero-order valence-corrected chi connectivity index (χ0v) is 11.1. The van der Waals surface area contributed by atoms with Gasteiger partial charge in [0.1, 0.15) is 5.92 Å². The van der Waals surface area contributed by atoms with Gasteiger partial charge in [-0.25, -0.2) is 0 Å². The molecule has 98 valence electrons. The monoisotopic (exact) mass is 254 g/mol. The number of esters is 1. The quantitative estimate of drug-likeness (QED) is 0.759. The average molecular weight is 254 g/mol. The summed E-state index contributed by atoms with van der Waals surface area (Å²) < 4.78 is 5.32. The van der Waals surface area contributed by atoms with Gasteiger partial charge in [-0.3, -0.25) is 4.79 Å². The van der Waals surface area contributed by atoms with Gasteiger partial charge >= 0.3 is 5.97 Å². The molecular formula is C17H18O2. The second kappa shape index (κ2) is 6.74. The van der Waals surface area contributed by atoms with Crippen LogP contribution < -0.4 is 0 Å². The van der Waals surface area contributed by atoms with Crippen LogP contribution in [-0.2, 0) is 9.53 Å². The van der Waals surface area contributed by atoms with Gasteiger partial charge in [-0.15, -0.1) is 0 Å². The fourth-order valence-electron chi connectivity index (χ4n) is 2.04. The van der Waals surface area contributed by atoms with E-state index in [0.29, 0.717) is 6.61 Å². The highest BCUT2D eigenvalue weighted by atomic mass is 16.5. The Morgan fingerprint density at radius 3 is 1.84 bits per heavy atom. The summed E-state index contributed by atoms with van der Waals surface area (Å²) in [7, 11) is 0. The predicted molar refractivity (Wildman–Crippen MR) is 76.0 cm³/mol. The molecule has 0 aliphatic heterocycles. The van der Waals surface area contributed by atoms with Gasteiger partial charge in [0, 0.05) is 0 Å². The minimum Gasteiger partial charge on any atom is -0.465 e. The van der Waals surface area contributed by atoms with E-state index in [1.807, 2.05) is 67.6 Å². The summed E-state index contributed by atoms with van der Waals surface area (Å²) in [6, 6.07) is 19.5. The predicted octanol–water partition coefficient (Wildman–Crippen LogP) is 3.77. The van der Waals surface area contributed by atoms with Crippen LogP contribution in [0.4, 0.5) is 0 Å². The van der Waals surface area contributed by atoms with Crippen molar-refractivity contribution in [3.8, 4) is 0 Å².